The predicted octanol–water partition coefficient (Wildman–Crippen LogP) is 2.95. The van der Waals surface area contributed by atoms with Crippen molar-refractivity contribution >= 4 is 23.2 Å². The summed E-state index contributed by atoms with van der Waals surface area (Å²) in [5.74, 6) is -0.480. The Hall–Kier alpha value is -2.77. The Labute approximate surface area is 177 Å². The number of piperazine rings is 1. The molecule has 0 bridgehead atoms. The molecule has 6 nitrogen and oxygen atoms in total. The monoisotopic (exact) mass is 412 g/mol. The van der Waals surface area contributed by atoms with Crippen molar-refractivity contribution in [1.29, 1.82) is 0 Å². The maximum absolute atomic E-state index is 12.9. The number of nitrogens with one attached hydrogen (secondary N) is 2. The Kier molecular flexibility index (Phi) is 7.18. The van der Waals surface area contributed by atoms with Crippen molar-refractivity contribution in [2.75, 3.05) is 49.9 Å². The first-order chi connectivity index (χ1) is 14.3. The highest BCUT2D eigenvalue weighted by molar-refractivity contribution is 5.94. The molecule has 160 valence electrons. The van der Waals surface area contributed by atoms with Crippen molar-refractivity contribution in [3.8, 4) is 0 Å². The highest BCUT2D eigenvalue weighted by Crippen LogP contribution is 2.21. The fourth-order valence-corrected chi connectivity index (χ4v) is 3.80. The molecule has 1 fully saturated rings. The lowest BCUT2D eigenvalue weighted by atomic mass is 10.1. The Morgan fingerprint density at radius 1 is 0.833 bits per heavy atom. The second-order valence-electron chi connectivity index (χ2n) is 7.93. The second kappa shape index (κ2) is 9.82. The van der Waals surface area contributed by atoms with E-state index in [1.165, 1.54) is 17.7 Å². The number of hydrogen-bond donors (Lipinski definition) is 2. The summed E-state index contributed by atoms with van der Waals surface area (Å²) in [5.41, 5.74) is 4.79. The van der Waals surface area contributed by atoms with Crippen LogP contribution in [0.5, 0.6) is 0 Å². The molecule has 0 unspecified atom stereocenters. The van der Waals surface area contributed by atoms with Crippen molar-refractivity contribution in [3.05, 3.63) is 58.9 Å². The minimum atomic E-state index is -0.333. The zero-order chi connectivity index (χ0) is 21.7. The van der Waals surface area contributed by atoms with E-state index in [1.807, 2.05) is 20.8 Å². The van der Waals surface area contributed by atoms with Crippen LogP contribution in [0.3, 0.4) is 0 Å². The fraction of sp³-hybridized carbons (Fsp3) is 0.391. The van der Waals surface area contributed by atoms with E-state index in [4.69, 9.17) is 0 Å². The van der Waals surface area contributed by atoms with Crippen LogP contribution in [0.15, 0.2) is 36.4 Å². The largest absolute Gasteiger partial charge is 0.325 e. The van der Waals surface area contributed by atoms with Crippen LogP contribution in [-0.4, -0.2) is 60.9 Å². The van der Waals surface area contributed by atoms with Crippen molar-refractivity contribution in [3.63, 3.8) is 0 Å². The van der Waals surface area contributed by atoms with E-state index in [1.54, 1.807) is 12.1 Å². The summed E-state index contributed by atoms with van der Waals surface area (Å²) in [7, 11) is 0. The van der Waals surface area contributed by atoms with Gasteiger partial charge in [0.2, 0.25) is 11.8 Å². The highest BCUT2D eigenvalue weighted by Gasteiger charge is 2.21. The van der Waals surface area contributed by atoms with Gasteiger partial charge in [0.25, 0.3) is 0 Å². The summed E-state index contributed by atoms with van der Waals surface area (Å²) in [6.45, 7) is 9.55. The third-order valence-corrected chi connectivity index (χ3v) is 5.27. The summed E-state index contributed by atoms with van der Waals surface area (Å²) in [4.78, 5) is 28.8. The van der Waals surface area contributed by atoms with Gasteiger partial charge in [-0.25, -0.2) is 4.39 Å². The van der Waals surface area contributed by atoms with Gasteiger partial charge in [-0.3, -0.25) is 19.4 Å². The first-order valence-electron chi connectivity index (χ1n) is 10.2. The third-order valence-electron chi connectivity index (χ3n) is 5.27. The molecule has 30 heavy (non-hydrogen) atoms. The van der Waals surface area contributed by atoms with Crippen molar-refractivity contribution < 1.29 is 14.0 Å². The number of anilines is 2. The third kappa shape index (κ3) is 6.11. The van der Waals surface area contributed by atoms with Crippen molar-refractivity contribution in [2.24, 2.45) is 0 Å². The van der Waals surface area contributed by atoms with E-state index in [2.05, 4.69) is 32.6 Å². The van der Waals surface area contributed by atoms with Crippen LogP contribution in [0.2, 0.25) is 0 Å². The van der Waals surface area contributed by atoms with E-state index in [9.17, 15) is 14.0 Å². The van der Waals surface area contributed by atoms with Gasteiger partial charge in [-0.2, -0.15) is 0 Å². The SMILES string of the molecule is Cc1cc(C)c(NC(=O)CN2CCN(CC(=O)Nc3ccc(F)cc3)CC2)c(C)c1. The molecule has 0 atom stereocenters. The molecule has 0 aliphatic carbocycles. The standard InChI is InChI=1S/C23H29FN4O2/c1-16-12-17(2)23(18(3)13-16)26-22(30)15-28-10-8-27(9-11-28)14-21(29)25-20-6-4-19(24)5-7-20/h4-7,12-13H,8-11,14-15H2,1-3H3,(H,25,29)(H,26,30). The number of halogens is 1. The van der Waals surface area contributed by atoms with Gasteiger partial charge in [0.15, 0.2) is 0 Å². The Morgan fingerprint density at radius 2 is 1.30 bits per heavy atom. The highest BCUT2D eigenvalue weighted by atomic mass is 19.1. The molecule has 1 saturated heterocycles. The van der Waals surface area contributed by atoms with E-state index in [0.717, 1.165) is 29.9 Å². The quantitative estimate of drug-likeness (QED) is 0.766. The molecule has 2 aromatic carbocycles. The summed E-state index contributed by atoms with van der Waals surface area (Å²) in [6.07, 6.45) is 0. The summed E-state index contributed by atoms with van der Waals surface area (Å²) in [5, 5.41) is 5.82. The normalized spacial score (nSPS) is 15.1. The van der Waals surface area contributed by atoms with Gasteiger partial charge < -0.3 is 10.6 Å². The van der Waals surface area contributed by atoms with E-state index < -0.39 is 0 Å². The average molecular weight is 413 g/mol. The number of hydrogen-bond acceptors (Lipinski definition) is 4. The maximum Gasteiger partial charge on any atom is 0.238 e. The molecule has 7 heteroatoms. The Balaban J connectivity index is 1.42. The first kappa shape index (κ1) is 21.9. The van der Waals surface area contributed by atoms with Gasteiger partial charge in [0.1, 0.15) is 5.82 Å². The van der Waals surface area contributed by atoms with E-state index >= 15 is 0 Å². The van der Waals surface area contributed by atoms with Gasteiger partial charge in [-0.1, -0.05) is 17.7 Å². The Morgan fingerprint density at radius 3 is 1.80 bits per heavy atom. The van der Waals surface area contributed by atoms with Gasteiger partial charge >= 0.3 is 0 Å². The molecule has 2 aromatic rings. The molecule has 3 rings (SSSR count). The predicted molar refractivity (Wildman–Crippen MR) is 117 cm³/mol. The van der Waals surface area contributed by atoms with Crippen LogP contribution in [0, 0.1) is 26.6 Å². The summed E-state index contributed by atoms with van der Waals surface area (Å²) >= 11 is 0. The number of amides is 2. The summed E-state index contributed by atoms with van der Waals surface area (Å²) < 4.78 is 12.9. The fourth-order valence-electron chi connectivity index (χ4n) is 3.80. The van der Waals surface area contributed by atoms with Crippen molar-refractivity contribution in [2.45, 2.75) is 20.8 Å². The molecule has 0 spiro atoms. The number of carbonyl (C=O) groups is 2. The van der Waals surface area contributed by atoms with Crippen LogP contribution < -0.4 is 10.6 Å². The van der Waals surface area contributed by atoms with Crippen LogP contribution in [0.1, 0.15) is 16.7 Å². The minimum Gasteiger partial charge on any atom is -0.325 e. The number of nitrogens with zero attached hydrogens (tertiary/aromatic N) is 2. The average Bonchev–Trinajstić information content (AvgIpc) is 2.68. The second-order valence-corrected chi connectivity index (χ2v) is 7.93. The van der Waals surface area contributed by atoms with Crippen LogP contribution in [0.25, 0.3) is 0 Å². The van der Waals surface area contributed by atoms with Gasteiger partial charge in [0, 0.05) is 37.6 Å². The molecule has 0 radical (unpaired) electrons. The minimum absolute atomic E-state index is 0.0208. The zero-order valence-corrected chi connectivity index (χ0v) is 17.8. The number of benzene rings is 2. The molecule has 0 saturated carbocycles. The molecule has 1 aliphatic rings. The van der Waals surface area contributed by atoms with Gasteiger partial charge in [0.05, 0.1) is 13.1 Å². The lowest BCUT2D eigenvalue weighted by Crippen LogP contribution is -2.50. The molecule has 2 N–H and O–H groups in total. The Bertz CT molecular complexity index is 883. The lowest BCUT2D eigenvalue weighted by Gasteiger charge is -2.33. The van der Waals surface area contributed by atoms with Crippen LogP contribution >= 0.6 is 0 Å². The molecule has 2 amide bonds. The number of carbonyl (C=O) groups excluding carboxylic acids is 2. The summed E-state index contributed by atoms with van der Waals surface area (Å²) in [6, 6.07) is 9.86. The van der Waals surface area contributed by atoms with Crippen LogP contribution in [-0.2, 0) is 9.59 Å². The van der Waals surface area contributed by atoms with Gasteiger partial charge in [-0.05, 0) is 56.2 Å². The molecular formula is C23H29FN4O2. The van der Waals surface area contributed by atoms with E-state index in [-0.39, 0.29) is 24.2 Å². The van der Waals surface area contributed by atoms with E-state index in [0.29, 0.717) is 25.3 Å². The van der Waals surface area contributed by atoms with Crippen molar-refractivity contribution in [1.82, 2.24) is 9.80 Å². The van der Waals surface area contributed by atoms with Crippen LogP contribution in [0.4, 0.5) is 15.8 Å². The smallest absolute Gasteiger partial charge is 0.238 e. The maximum atomic E-state index is 12.9. The molecule has 1 aliphatic heterocycles. The number of rotatable bonds is 6. The topological polar surface area (TPSA) is 64.7 Å². The number of aryl methyl sites for hydroxylation is 3. The van der Waals surface area contributed by atoms with Gasteiger partial charge in [-0.15, -0.1) is 0 Å². The lowest BCUT2D eigenvalue weighted by molar-refractivity contribution is -0.120. The molecule has 1 heterocycles. The molecule has 0 aromatic heterocycles. The first-order valence-corrected chi connectivity index (χ1v) is 10.2. The zero-order valence-electron chi connectivity index (χ0n) is 17.8. The molecular weight excluding hydrogens is 383 g/mol.